The van der Waals surface area contributed by atoms with Gasteiger partial charge in [-0.05, 0) is 66.2 Å². The van der Waals surface area contributed by atoms with Crippen molar-refractivity contribution in [2.45, 2.75) is 0 Å². The third kappa shape index (κ3) is 4.20. The fourth-order valence-corrected chi connectivity index (χ4v) is 11.3. The largest absolute Gasteiger partial charge is 0.306 e. The minimum absolute atomic E-state index is 0.541. The van der Waals surface area contributed by atoms with Crippen molar-refractivity contribution in [3.63, 3.8) is 0 Å². The summed E-state index contributed by atoms with van der Waals surface area (Å²) in [4.78, 5) is 0. The number of hydrogen-bond donors (Lipinski definition) is 0. The van der Waals surface area contributed by atoms with Crippen molar-refractivity contribution in [1.82, 2.24) is 9.13 Å². The smallest absolute Gasteiger partial charge is 0.0998 e. The summed E-state index contributed by atoms with van der Waals surface area (Å²) in [5, 5.41) is 30.5. The highest BCUT2D eigenvalue weighted by atomic mass is 32.1. The SMILES string of the molecule is N#Cc1cccc(-c2cc(-n3c4ccccc4c4ccc5sc6ccccc6c5c43)c(-n3c4ccccc4c4ccc5sc6ccccc6c5c43)cc2C#N)c1. The molecule has 0 aliphatic heterocycles. The molecule has 0 unspecified atom stereocenters. The molecule has 0 fully saturated rings. The van der Waals surface area contributed by atoms with Gasteiger partial charge in [0.1, 0.15) is 0 Å². The number of benzene rings is 8. The zero-order chi connectivity index (χ0) is 37.1. The van der Waals surface area contributed by atoms with Gasteiger partial charge in [-0.1, -0.05) is 97.1 Å². The molecule has 0 spiro atoms. The summed E-state index contributed by atoms with van der Waals surface area (Å²) in [6.45, 7) is 0. The van der Waals surface area contributed by atoms with E-state index in [9.17, 15) is 10.5 Å². The molecule has 0 N–H and O–H groups in total. The van der Waals surface area contributed by atoms with Gasteiger partial charge in [0.15, 0.2) is 0 Å². The zero-order valence-electron chi connectivity index (χ0n) is 29.6. The van der Waals surface area contributed by atoms with Crippen LogP contribution in [0.4, 0.5) is 0 Å². The van der Waals surface area contributed by atoms with E-state index in [0.29, 0.717) is 11.1 Å². The minimum Gasteiger partial charge on any atom is -0.306 e. The van der Waals surface area contributed by atoms with E-state index in [4.69, 9.17) is 0 Å². The number of nitriles is 2. The van der Waals surface area contributed by atoms with Crippen LogP contribution in [0.3, 0.4) is 0 Å². The molecule has 0 bridgehead atoms. The molecule has 6 heteroatoms. The molecule has 56 heavy (non-hydrogen) atoms. The van der Waals surface area contributed by atoms with Gasteiger partial charge < -0.3 is 9.13 Å². The molecule has 0 saturated carbocycles. The van der Waals surface area contributed by atoms with Crippen LogP contribution >= 0.6 is 22.7 Å². The summed E-state index contributed by atoms with van der Waals surface area (Å²) >= 11 is 3.63. The summed E-state index contributed by atoms with van der Waals surface area (Å²) in [5.74, 6) is 0. The van der Waals surface area contributed by atoms with Crippen molar-refractivity contribution in [1.29, 1.82) is 10.5 Å². The molecule has 258 valence electrons. The topological polar surface area (TPSA) is 57.4 Å². The molecule has 4 aromatic heterocycles. The fraction of sp³-hybridized carbons (Fsp3) is 0. The van der Waals surface area contributed by atoms with Crippen molar-refractivity contribution < 1.29 is 0 Å². The number of rotatable bonds is 3. The Morgan fingerprint density at radius 3 is 1.48 bits per heavy atom. The molecule has 12 rings (SSSR count). The van der Waals surface area contributed by atoms with Crippen molar-refractivity contribution in [3.8, 4) is 34.6 Å². The lowest BCUT2D eigenvalue weighted by Crippen LogP contribution is -2.06. The number of para-hydroxylation sites is 2. The second kappa shape index (κ2) is 11.6. The van der Waals surface area contributed by atoms with Gasteiger partial charge in [-0.3, -0.25) is 0 Å². The quantitative estimate of drug-likeness (QED) is 0.181. The molecule has 12 aromatic rings. The van der Waals surface area contributed by atoms with Crippen LogP contribution in [0.1, 0.15) is 11.1 Å². The van der Waals surface area contributed by atoms with Gasteiger partial charge in [0.2, 0.25) is 0 Å². The fourth-order valence-electron chi connectivity index (χ4n) is 9.05. The van der Waals surface area contributed by atoms with Crippen LogP contribution in [0, 0.1) is 22.7 Å². The predicted molar refractivity (Wildman–Crippen MR) is 236 cm³/mol. The van der Waals surface area contributed by atoms with E-state index in [2.05, 4.69) is 155 Å². The maximum Gasteiger partial charge on any atom is 0.0998 e. The maximum atomic E-state index is 11.0. The van der Waals surface area contributed by atoms with E-state index in [1.807, 2.05) is 46.9 Å². The number of aromatic nitrogens is 2. The Morgan fingerprint density at radius 2 is 0.929 bits per heavy atom. The molecule has 0 radical (unpaired) electrons. The van der Waals surface area contributed by atoms with Crippen LogP contribution in [0.5, 0.6) is 0 Å². The van der Waals surface area contributed by atoms with Gasteiger partial charge >= 0.3 is 0 Å². The normalized spacial score (nSPS) is 11.9. The van der Waals surface area contributed by atoms with Gasteiger partial charge in [0.25, 0.3) is 0 Å². The first-order valence-electron chi connectivity index (χ1n) is 18.5. The molecule has 8 aromatic carbocycles. The Bertz CT molecular complexity index is 3750. The lowest BCUT2D eigenvalue weighted by Gasteiger charge is -2.20. The van der Waals surface area contributed by atoms with E-state index < -0.39 is 0 Å². The molecule has 4 nitrogen and oxygen atoms in total. The van der Waals surface area contributed by atoms with Gasteiger partial charge in [0.05, 0.1) is 56.7 Å². The highest BCUT2D eigenvalue weighted by Gasteiger charge is 2.25. The summed E-state index contributed by atoms with van der Waals surface area (Å²) in [7, 11) is 0. The van der Waals surface area contributed by atoms with Crippen LogP contribution < -0.4 is 0 Å². The molecular weight excluding hydrogens is 721 g/mol. The lowest BCUT2D eigenvalue weighted by atomic mass is 9.96. The molecule has 0 saturated heterocycles. The van der Waals surface area contributed by atoms with Crippen LogP contribution in [-0.2, 0) is 0 Å². The second-order valence-corrected chi connectivity index (χ2v) is 16.4. The van der Waals surface area contributed by atoms with Crippen LogP contribution in [0.2, 0.25) is 0 Å². The molecule has 0 aliphatic rings. The predicted octanol–water partition coefficient (Wildman–Crippen LogP) is 14.0. The number of nitrogens with zero attached hydrogens (tertiary/aromatic N) is 4. The first kappa shape index (κ1) is 31.2. The Hall–Kier alpha value is -7.22. The Labute approximate surface area is 328 Å². The zero-order valence-corrected chi connectivity index (χ0v) is 31.2. The average Bonchev–Trinajstić information content (AvgIpc) is 4.00. The number of fused-ring (bicyclic) bond motifs is 14. The number of hydrogen-bond acceptors (Lipinski definition) is 4. The van der Waals surface area contributed by atoms with Gasteiger partial charge in [-0.15, -0.1) is 22.7 Å². The Morgan fingerprint density at radius 1 is 0.411 bits per heavy atom. The molecular formula is C50H26N4S2. The second-order valence-electron chi connectivity index (χ2n) is 14.3. The maximum absolute atomic E-state index is 11.0. The van der Waals surface area contributed by atoms with Crippen LogP contribution in [-0.4, -0.2) is 9.13 Å². The van der Waals surface area contributed by atoms with E-state index in [0.717, 1.165) is 55.3 Å². The highest BCUT2D eigenvalue weighted by molar-refractivity contribution is 7.26. The van der Waals surface area contributed by atoms with Crippen molar-refractivity contribution in [2.75, 3.05) is 0 Å². The molecule has 0 amide bonds. The summed E-state index contributed by atoms with van der Waals surface area (Å²) in [5.41, 5.74) is 8.98. The van der Waals surface area contributed by atoms with Crippen LogP contribution in [0.25, 0.3) is 106 Å². The van der Waals surface area contributed by atoms with Gasteiger partial charge in [0, 0.05) is 67.5 Å². The van der Waals surface area contributed by atoms with Crippen molar-refractivity contribution >= 4 is 107 Å². The van der Waals surface area contributed by atoms with Gasteiger partial charge in [-0.2, -0.15) is 10.5 Å². The van der Waals surface area contributed by atoms with Gasteiger partial charge in [-0.25, -0.2) is 0 Å². The Balaban J connectivity index is 1.34. The molecule has 0 aliphatic carbocycles. The first-order chi connectivity index (χ1) is 27.7. The lowest BCUT2D eigenvalue weighted by molar-refractivity contribution is 1.10. The standard InChI is InChI=1S/C50H26N4S2/c51-27-29-10-9-11-30(24-29)38-26-42(54-40-17-6-2-13-33(40)35-21-23-46-48(50(35)54)37-15-4-8-19-44(37)56-46)41(25-31(38)28-52)53-39-16-5-1-12-32(39)34-20-22-45-47(49(34)53)36-14-3-7-18-43(36)55-45/h1-26H. The van der Waals surface area contributed by atoms with Crippen molar-refractivity contribution in [2.24, 2.45) is 0 Å². The first-order valence-corrected chi connectivity index (χ1v) is 20.1. The van der Waals surface area contributed by atoms with E-state index in [1.54, 1.807) is 0 Å². The summed E-state index contributed by atoms with van der Waals surface area (Å²) in [6.07, 6.45) is 0. The third-order valence-electron chi connectivity index (χ3n) is 11.4. The molecule has 0 atom stereocenters. The summed E-state index contributed by atoms with van der Waals surface area (Å²) in [6, 6.07) is 60.5. The average molecular weight is 747 g/mol. The monoisotopic (exact) mass is 746 g/mol. The highest BCUT2D eigenvalue weighted by Crippen LogP contribution is 2.47. The Kier molecular flexibility index (Phi) is 6.48. The van der Waals surface area contributed by atoms with Crippen LogP contribution in [0.15, 0.2) is 158 Å². The van der Waals surface area contributed by atoms with E-state index in [1.165, 1.54) is 51.1 Å². The third-order valence-corrected chi connectivity index (χ3v) is 13.6. The van der Waals surface area contributed by atoms with E-state index in [-0.39, 0.29) is 0 Å². The van der Waals surface area contributed by atoms with Crippen molar-refractivity contribution in [3.05, 3.63) is 169 Å². The summed E-state index contributed by atoms with van der Waals surface area (Å²) < 4.78 is 9.78. The number of thiophene rings is 2. The minimum atomic E-state index is 0.541. The van der Waals surface area contributed by atoms with E-state index >= 15 is 0 Å². The molecule has 4 heterocycles.